The van der Waals surface area contributed by atoms with Crippen LogP contribution in [0.4, 0.5) is 0 Å². The molecule has 0 aromatic rings. The lowest BCUT2D eigenvalue weighted by molar-refractivity contribution is 0.311. The van der Waals surface area contributed by atoms with E-state index in [4.69, 9.17) is 10.2 Å². The Morgan fingerprint density at radius 3 is 1.67 bits per heavy atom. The summed E-state index contributed by atoms with van der Waals surface area (Å²) in [4.78, 5) is 0. The van der Waals surface area contributed by atoms with Crippen LogP contribution in [0.2, 0.25) is 0 Å². The van der Waals surface area contributed by atoms with Gasteiger partial charge in [-0.25, -0.2) is 0 Å². The molecule has 0 rings (SSSR count). The van der Waals surface area contributed by atoms with E-state index in [1.54, 1.807) is 13.8 Å². The van der Waals surface area contributed by atoms with Gasteiger partial charge in [-0.05, 0) is 26.0 Å². The van der Waals surface area contributed by atoms with Crippen LogP contribution in [-0.2, 0) is 0 Å². The zero-order chi connectivity index (χ0) is 7.28. The topological polar surface area (TPSA) is 52.5 Å². The van der Waals surface area contributed by atoms with Gasteiger partial charge < -0.3 is 10.2 Å². The van der Waals surface area contributed by atoms with Gasteiger partial charge in [-0.2, -0.15) is 0 Å². The number of nitrogens with one attached hydrogen (secondary N) is 1. The SMILES string of the molecule is CC=C(O)NC(O)=CC. The standard InChI is InChI=1S/C6H11NO2/c1-3-5(8)7-6(9)4-2/h3-4,7-9H,1-2H3. The Balaban J connectivity index is 3.75. The Morgan fingerprint density at radius 2 is 1.44 bits per heavy atom. The summed E-state index contributed by atoms with van der Waals surface area (Å²) in [7, 11) is 0. The maximum absolute atomic E-state index is 8.71. The monoisotopic (exact) mass is 129 g/mol. The van der Waals surface area contributed by atoms with E-state index < -0.39 is 0 Å². The molecular formula is C6H11NO2. The third kappa shape index (κ3) is 3.46. The second kappa shape index (κ2) is 3.83. The minimum Gasteiger partial charge on any atom is -0.495 e. The number of aliphatic hydroxyl groups is 2. The van der Waals surface area contributed by atoms with Gasteiger partial charge >= 0.3 is 0 Å². The van der Waals surface area contributed by atoms with Gasteiger partial charge in [-0.15, -0.1) is 0 Å². The predicted molar refractivity (Wildman–Crippen MR) is 35.9 cm³/mol. The summed E-state index contributed by atoms with van der Waals surface area (Å²) >= 11 is 0. The molecule has 0 saturated heterocycles. The lowest BCUT2D eigenvalue weighted by Gasteiger charge is -2.00. The number of hydrogen-bond acceptors (Lipinski definition) is 3. The minimum absolute atomic E-state index is 0.0504. The van der Waals surface area contributed by atoms with Crippen molar-refractivity contribution in [2.45, 2.75) is 13.8 Å². The molecule has 0 fully saturated rings. The van der Waals surface area contributed by atoms with Crippen molar-refractivity contribution in [3.05, 3.63) is 23.9 Å². The highest BCUT2D eigenvalue weighted by Gasteiger charge is 1.89. The van der Waals surface area contributed by atoms with Crippen LogP contribution >= 0.6 is 0 Å². The van der Waals surface area contributed by atoms with E-state index in [1.165, 1.54) is 12.2 Å². The molecule has 0 saturated carbocycles. The molecule has 0 aliphatic heterocycles. The van der Waals surface area contributed by atoms with Crippen molar-refractivity contribution in [2.75, 3.05) is 0 Å². The highest BCUT2D eigenvalue weighted by molar-refractivity contribution is 4.96. The van der Waals surface area contributed by atoms with Crippen LogP contribution < -0.4 is 5.32 Å². The highest BCUT2D eigenvalue weighted by atomic mass is 16.3. The first-order valence-corrected chi connectivity index (χ1v) is 2.68. The van der Waals surface area contributed by atoms with Crippen molar-refractivity contribution in [1.29, 1.82) is 0 Å². The summed E-state index contributed by atoms with van der Waals surface area (Å²) in [5, 5.41) is 19.7. The molecular weight excluding hydrogens is 118 g/mol. The minimum atomic E-state index is -0.0504. The average molecular weight is 129 g/mol. The summed E-state index contributed by atoms with van der Waals surface area (Å²) in [6.45, 7) is 3.32. The van der Waals surface area contributed by atoms with Crippen LogP contribution in [0.3, 0.4) is 0 Å². The first kappa shape index (κ1) is 7.88. The molecule has 52 valence electrons. The van der Waals surface area contributed by atoms with E-state index >= 15 is 0 Å². The van der Waals surface area contributed by atoms with Crippen molar-refractivity contribution in [2.24, 2.45) is 0 Å². The summed E-state index contributed by atoms with van der Waals surface area (Å²) in [6, 6.07) is 0. The van der Waals surface area contributed by atoms with Crippen LogP contribution in [0, 0.1) is 0 Å². The van der Waals surface area contributed by atoms with Gasteiger partial charge in [0.25, 0.3) is 0 Å². The fourth-order valence-corrected chi connectivity index (χ4v) is 0.276. The zero-order valence-corrected chi connectivity index (χ0v) is 5.55. The van der Waals surface area contributed by atoms with Crippen LogP contribution in [0.5, 0.6) is 0 Å². The van der Waals surface area contributed by atoms with Gasteiger partial charge in [0.15, 0.2) is 11.8 Å². The second-order valence-electron chi connectivity index (χ2n) is 1.47. The zero-order valence-electron chi connectivity index (χ0n) is 5.55. The van der Waals surface area contributed by atoms with E-state index in [2.05, 4.69) is 5.32 Å². The lowest BCUT2D eigenvalue weighted by Crippen LogP contribution is -2.10. The fraction of sp³-hybridized carbons (Fsp3) is 0.333. The first-order chi connectivity index (χ1) is 4.20. The van der Waals surface area contributed by atoms with Crippen molar-refractivity contribution >= 4 is 0 Å². The van der Waals surface area contributed by atoms with Gasteiger partial charge in [-0.3, -0.25) is 5.32 Å². The van der Waals surface area contributed by atoms with E-state index in [1.807, 2.05) is 0 Å². The van der Waals surface area contributed by atoms with Gasteiger partial charge in [0, 0.05) is 0 Å². The van der Waals surface area contributed by atoms with Crippen LogP contribution in [0.25, 0.3) is 0 Å². The molecule has 0 atom stereocenters. The molecule has 0 bridgehead atoms. The molecule has 0 spiro atoms. The van der Waals surface area contributed by atoms with Crippen LogP contribution in [0.1, 0.15) is 13.8 Å². The summed E-state index contributed by atoms with van der Waals surface area (Å²) in [5.41, 5.74) is 0. The van der Waals surface area contributed by atoms with Gasteiger partial charge in [-0.1, -0.05) is 0 Å². The van der Waals surface area contributed by atoms with Gasteiger partial charge in [0.1, 0.15) is 0 Å². The van der Waals surface area contributed by atoms with E-state index in [9.17, 15) is 0 Å². The normalized spacial score (nSPS) is 13.6. The van der Waals surface area contributed by atoms with Gasteiger partial charge in [0.05, 0.1) is 0 Å². The summed E-state index contributed by atoms with van der Waals surface area (Å²) < 4.78 is 0. The average Bonchev–Trinajstić information content (AvgIpc) is 1.87. The lowest BCUT2D eigenvalue weighted by atomic mass is 10.6. The largest absolute Gasteiger partial charge is 0.495 e. The Hall–Kier alpha value is -1.12. The summed E-state index contributed by atoms with van der Waals surface area (Å²) in [5.74, 6) is -0.101. The number of allylic oxidation sites excluding steroid dienone is 2. The quantitative estimate of drug-likeness (QED) is 0.494. The molecule has 9 heavy (non-hydrogen) atoms. The van der Waals surface area contributed by atoms with Crippen molar-refractivity contribution < 1.29 is 10.2 Å². The molecule has 0 aliphatic rings. The van der Waals surface area contributed by atoms with Crippen molar-refractivity contribution in [3.8, 4) is 0 Å². The number of aliphatic hydroxyl groups excluding tert-OH is 2. The van der Waals surface area contributed by atoms with E-state index in [0.717, 1.165) is 0 Å². The Kier molecular flexibility index (Phi) is 3.35. The molecule has 0 amide bonds. The molecule has 0 radical (unpaired) electrons. The summed E-state index contributed by atoms with van der Waals surface area (Å²) in [6.07, 6.45) is 2.89. The molecule has 0 unspecified atom stereocenters. The van der Waals surface area contributed by atoms with Crippen molar-refractivity contribution in [1.82, 2.24) is 5.32 Å². The maximum atomic E-state index is 8.71. The predicted octanol–water partition coefficient (Wildman–Crippen LogP) is 1.41. The molecule has 3 heteroatoms. The smallest absolute Gasteiger partial charge is 0.186 e. The number of hydrogen-bond donors (Lipinski definition) is 3. The molecule has 0 heterocycles. The Morgan fingerprint density at radius 1 is 1.11 bits per heavy atom. The number of rotatable bonds is 2. The molecule has 0 aliphatic carbocycles. The third-order valence-electron chi connectivity index (χ3n) is 0.803. The van der Waals surface area contributed by atoms with Gasteiger partial charge in [0.2, 0.25) is 0 Å². The molecule has 3 N–H and O–H groups in total. The van der Waals surface area contributed by atoms with Crippen LogP contribution in [0.15, 0.2) is 23.9 Å². The molecule has 0 aromatic carbocycles. The second-order valence-corrected chi connectivity index (χ2v) is 1.47. The maximum Gasteiger partial charge on any atom is 0.186 e. The highest BCUT2D eigenvalue weighted by Crippen LogP contribution is 1.86. The first-order valence-electron chi connectivity index (χ1n) is 2.68. The van der Waals surface area contributed by atoms with E-state index in [0.29, 0.717) is 0 Å². The fourth-order valence-electron chi connectivity index (χ4n) is 0.276. The molecule has 3 nitrogen and oxygen atoms in total. The van der Waals surface area contributed by atoms with E-state index in [-0.39, 0.29) is 11.8 Å². The van der Waals surface area contributed by atoms with Crippen molar-refractivity contribution in [3.63, 3.8) is 0 Å². The molecule has 0 aromatic heterocycles. The Labute approximate surface area is 54.3 Å². The third-order valence-corrected chi connectivity index (χ3v) is 0.803. The Bertz CT molecular complexity index is 122. The van der Waals surface area contributed by atoms with Crippen LogP contribution in [-0.4, -0.2) is 10.2 Å².